The zero-order chi connectivity index (χ0) is 30.3. The number of carboxylic acid groups (broad SMARTS) is 2. The maximum Gasteiger partial charge on any atom is 1.00 e. The van der Waals surface area contributed by atoms with E-state index in [-0.39, 0.29) is 130 Å². The summed E-state index contributed by atoms with van der Waals surface area (Å²) in [7, 11) is -9.59. The molecule has 0 unspecified atom stereocenters. The minimum absolute atomic E-state index is 0. The summed E-state index contributed by atoms with van der Waals surface area (Å²) in [5.74, 6) is -5.82. The third-order valence-corrected chi connectivity index (χ3v) is 7.11. The maximum absolute atomic E-state index is 12.9. The monoisotopic (exact) mass is 691 g/mol. The number of nitrogens with zero attached hydrogens (tertiary/aromatic N) is 4. The third kappa shape index (κ3) is 9.92. The van der Waals surface area contributed by atoms with E-state index in [4.69, 9.17) is 0 Å². The van der Waals surface area contributed by atoms with Gasteiger partial charge in [0, 0.05) is 5.56 Å². The van der Waals surface area contributed by atoms with Crippen molar-refractivity contribution in [2.45, 2.75) is 9.79 Å². The number of aromatic nitrogens is 2. The van der Waals surface area contributed by atoms with Crippen LogP contribution in [0.25, 0.3) is 11.8 Å². The van der Waals surface area contributed by atoms with E-state index in [1.807, 2.05) is 0 Å². The molecule has 0 atom stereocenters. The Labute approximate surface area is 343 Å². The van der Waals surface area contributed by atoms with Gasteiger partial charge in [0.2, 0.25) is 0 Å². The van der Waals surface area contributed by atoms with Gasteiger partial charge in [-0.2, -0.15) is 15.2 Å². The van der Waals surface area contributed by atoms with Gasteiger partial charge in [0.1, 0.15) is 31.6 Å². The number of carbonyl (C=O) groups excluding carboxylic acids is 3. The number of hydrogen-bond donors (Lipinski definition) is 0. The van der Waals surface area contributed by atoms with Crippen molar-refractivity contribution in [3.05, 3.63) is 77.5 Å². The van der Waals surface area contributed by atoms with E-state index in [0.717, 1.165) is 66.8 Å². The predicted molar refractivity (Wildman–Crippen MR) is 127 cm³/mol. The van der Waals surface area contributed by atoms with Gasteiger partial charge in [-0.3, -0.25) is 4.79 Å². The van der Waals surface area contributed by atoms with Crippen LogP contribution in [0.4, 0.5) is 5.69 Å². The van der Waals surface area contributed by atoms with Crippen LogP contribution >= 0.6 is 0 Å². The van der Waals surface area contributed by atoms with Gasteiger partial charge in [0.05, 0.1) is 38.7 Å². The van der Waals surface area contributed by atoms with E-state index in [0.29, 0.717) is 9.69 Å². The number of benzene rings is 2. The van der Waals surface area contributed by atoms with Gasteiger partial charge in [0.25, 0.3) is 5.91 Å². The summed E-state index contributed by atoms with van der Waals surface area (Å²) in [5, 5.41) is 43.9. The second-order valence-electron chi connectivity index (χ2n) is 7.96. The molecule has 2 aromatic carbocycles. The second-order valence-corrected chi connectivity index (χ2v) is 10.7. The first kappa shape index (κ1) is 43.8. The summed E-state index contributed by atoms with van der Waals surface area (Å²) >= 11 is 0. The quantitative estimate of drug-likeness (QED) is 0.121. The molecule has 1 aliphatic heterocycles. The first-order valence-electron chi connectivity index (χ1n) is 10.8. The van der Waals surface area contributed by atoms with Crippen molar-refractivity contribution in [1.82, 2.24) is 9.78 Å². The van der Waals surface area contributed by atoms with Gasteiger partial charge < -0.3 is 34.0 Å². The van der Waals surface area contributed by atoms with Crippen LogP contribution in [0.15, 0.2) is 81.1 Å². The minimum Gasteiger partial charge on any atom is -0.858 e. The molecule has 0 fully saturated rings. The molecule has 0 spiro atoms. The average molecular weight is 691 g/mol. The van der Waals surface area contributed by atoms with Crippen LogP contribution in [0.2, 0.25) is 0 Å². The van der Waals surface area contributed by atoms with Crippen molar-refractivity contribution >= 4 is 55.6 Å². The Kier molecular flexibility index (Phi) is 16.8. The van der Waals surface area contributed by atoms with E-state index in [9.17, 15) is 55.6 Å². The smallest absolute Gasteiger partial charge is 0.858 e. The number of anilines is 1. The van der Waals surface area contributed by atoms with E-state index >= 15 is 0 Å². The van der Waals surface area contributed by atoms with E-state index in [2.05, 4.69) is 10.2 Å². The number of aromatic carboxylic acids is 1. The van der Waals surface area contributed by atoms with E-state index in [1.165, 1.54) is 0 Å². The molecular weight excluding hydrogens is 680 g/mol. The fraction of sp³-hybridized carbons (Fsp3) is 0. The first-order chi connectivity index (χ1) is 19.1. The van der Waals surface area contributed by atoms with E-state index < -0.39 is 76.3 Å². The predicted octanol–water partition coefficient (Wildman–Crippen LogP) is -14.8. The molecule has 0 radical (unpaired) electrons. The van der Waals surface area contributed by atoms with Crippen LogP contribution in [0.3, 0.4) is 0 Å². The zero-order valence-corrected chi connectivity index (χ0v) is 33.5. The van der Waals surface area contributed by atoms with Crippen molar-refractivity contribution in [3.63, 3.8) is 0 Å². The molecule has 45 heavy (non-hydrogen) atoms. The Balaban J connectivity index is 0.00000484. The summed E-state index contributed by atoms with van der Waals surface area (Å²) in [4.78, 5) is 34.8. The topological polar surface area (TPSA) is 268 Å². The van der Waals surface area contributed by atoms with Crippen LogP contribution in [-0.2, 0) is 29.8 Å². The fourth-order valence-corrected chi connectivity index (χ4v) is 4.47. The SMILES string of the molecule is O=C([O-])C1=NN(c2ccc(S(=O)(=O)[O-])cc2)C(=O)/C1=C\C=C\c1c(C(=O)[O-])nn(-c2ccc(S(=O)(=O)[O-])cc2)c1[O-].[Na+].[Na+].[Na+].[Na+]. The van der Waals surface area contributed by atoms with Crippen molar-refractivity contribution < 1.29 is 174 Å². The molecule has 2 heterocycles. The fourth-order valence-electron chi connectivity index (χ4n) is 3.53. The van der Waals surface area contributed by atoms with Gasteiger partial charge in [-0.25, -0.2) is 21.5 Å². The largest absolute Gasteiger partial charge is 1.00 e. The molecule has 3 aromatic rings. The van der Waals surface area contributed by atoms with Crippen LogP contribution < -0.4 is 139 Å². The Morgan fingerprint density at radius 1 is 0.756 bits per heavy atom. The normalized spacial score (nSPS) is 13.7. The van der Waals surface area contributed by atoms with Crippen LogP contribution in [-0.4, -0.2) is 59.3 Å². The van der Waals surface area contributed by atoms with Gasteiger partial charge in [0.15, 0.2) is 0 Å². The Morgan fingerprint density at radius 2 is 1.22 bits per heavy atom. The molecule has 212 valence electrons. The summed E-state index contributed by atoms with van der Waals surface area (Å²) in [6.07, 6.45) is 2.72. The molecule has 0 aliphatic carbocycles. The third-order valence-electron chi connectivity index (χ3n) is 5.41. The summed E-state index contributed by atoms with van der Waals surface area (Å²) in [6, 6.07) is 7.63. The number of carbonyl (C=O) groups is 3. The minimum atomic E-state index is -4.80. The summed E-state index contributed by atoms with van der Waals surface area (Å²) in [6.45, 7) is 0. The Morgan fingerprint density at radius 3 is 1.64 bits per heavy atom. The van der Waals surface area contributed by atoms with Gasteiger partial charge >= 0.3 is 118 Å². The molecule has 1 amide bonds. The number of aliphatic carboxylic acids is 1. The second kappa shape index (κ2) is 17.3. The average Bonchev–Trinajstić information content (AvgIpc) is 3.40. The molecule has 1 aliphatic rings. The number of allylic oxidation sites excluding steroid dienone is 2. The molecule has 0 N–H and O–H groups in total. The molecule has 22 heteroatoms. The van der Waals surface area contributed by atoms with Crippen LogP contribution in [0.1, 0.15) is 16.1 Å². The number of amides is 1. The van der Waals surface area contributed by atoms with Crippen molar-refractivity contribution in [1.29, 1.82) is 0 Å². The molecule has 1 aromatic heterocycles. The number of rotatable bonds is 8. The summed E-state index contributed by atoms with van der Waals surface area (Å²) in [5.41, 5.74) is -3.05. The molecule has 0 saturated heterocycles. The van der Waals surface area contributed by atoms with Crippen LogP contribution in [0.5, 0.6) is 5.88 Å². The standard InChI is InChI=1S/C23H16N4O12S2.4Na/c28-20-16(18(22(30)31)24-26(20)12-4-8-14(9-5-12)40(34,35)36)2-1-3-17-19(23(32)33)25-27(21(17)29)13-6-10-15(11-7-13)41(37,38)39;;;;/h1-11,28H,(H,30,31)(H,32,33)(H,34,35,36)(H,37,38,39);;;;/q;4*+1/p-5/b2-1+,17-3-;;;;. The molecular formula is C23H11N4Na4O12S2-. The van der Waals surface area contributed by atoms with Crippen molar-refractivity contribution in [2.75, 3.05) is 5.01 Å². The molecule has 16 nitrogen and oxygen atoms in total. The van der Waals surface area contributed by atoms with E-state index in [1.54, 1.807) is 0 Å². The summed E-state index contributed by atoms with van der Waals surface area (Å²) < 4.78 is 67.3. The number of hydrazone groups is 1. The Bertz CT molecular complexity index is 1920. The van der Waals surface area contributed by atoms with Gasteiger partial charge in [-0.1, -0.05) is 12.2 Å². The Hall–Kier alpha value is -1.17. The molecule has 0 bridgehead atoms. The van der Waals surface area contributed by atoms with Gasteiger partial charge in [-0.15, -0.1) is 0 Å². The molecule has 4 rings (SSSR count). The maximum atomic E-state index is 12.9. The first-order valence-corrected chi connectivity index (χ1v) is 13.6. The number of carboxylic acids is 2. The zero-order valence-electron chi connectivity index (χ0n) is 23.9. The molecule has 0 saturated carbocycles. The van der Waals surface area contributed by atoms with Crippen molar-refractivity contribution in [2.24, 2.45) is 5.10 Å². The van der Waals surface area contributed by atoms with Gasteiger partial charge in [-0.05, 0) is 60.5 Å². The van der Waals surface area contributed by atoms with Crippen molar-refractivity contribution in [3.8, 4) is 11.6 Å². The van der Waals surface area contributed by atoms with Crippen LogP contribution in [0, 0.1) is 0 Å². The number of hydrogen-bond acceptors (Lipinski definition) is 14.